The fourth-order valence-electron chi connectivity index (χ4n) is 2.61. The van der Waals surface area contributed by atoms with Crippen molar-refractivity contribution in [3.8, 4) is 5.82 Å². The zero-order chi connectivity index (χ0) is 21.7. The minimum absolute atomic E-state index is 0.0306. The van der Waals surface area contributed by atoms with E-state index < -0.39 is 5.91 Å². The van der Waals surface area contributed by atoms with Gasteiger partial charge in [0, 0.05) is 17.1 Å². The van der Waals surface area contributed by atoms with Crippen LogP contribution in [0.15, 0.2) is 27.9 Å². The smallest absolute Gasteiger partial charge is 0.293 e. The molecule has 158 valence electrons. The molecule has 11 nitrogen and oxygen atoms in total. The topological polar surface area (TPSA) is 140 Å². The molecule has 0 aliphatic rings. The highest BCUT2D eigenvalue weighted by molar-refractivity contribution is 6.36. The lowest BCUT2D eigenvalue weighted by molar-refractivity contribution is 0.0948. The Morgan fingerprint density at radius 3 is 2.73 bits per heavy atom. The van der Waals surface area contributed by atoms with Crippen LogP contribution in [0.4, 0.5) is 5.82 Å². The second-order valence-corrected chi connectivity index (χ2v) is 6.94. The van der Waals surface area contributed by atoms with E-state index in [2.05, 4.69) is 40.7 Å². The van der Waals surface area contributed by atoms with E-state index in [1.807, 2.05) is 13.8 Å². The average Bonchev–Trinajstić information content (AvgIpc) is 3.33. The Bertz CT molecular complexity index is 1060. The zero-order valence-electron chi connectivity index (χ0n) is 16.2. The standard InChI is InChI=1S/C17H19Cl2N9O2/c1-3-27(4-2)9-13-14(22-26-28(13)16-15(20)24-30-25-16)17(29)23-21-8-10-5-6-11(18)7-12(10)19/h5-8H,3-4,9H2,1-2H3,(H2,20,24)(H,23,29)/b21-8+. The lowest BCUT2D eigenvalue weighted by Gasteiger charge is -2.18. The Balaban J connectivity index is 1.86. The number of hydrazone groups is 1. The Kier molecular flexibility index (Phi) is 6.98. The molecule has 0 aliphatic carbocycles. The van der Waals surface area contributed by atoms with E-state index >= 15 is 0 Å². The summed E-state index contributed by atoms with van der Waals surface area (Å²) in [5.41, 5.74) is 9.34. The molecule has 3 rings (SSSR count). The SMILES string of the molecule is CCN(CC)Cc1c(C(=O)N/N=C/c2ccc(Cl)cc2Cl)nnn1-c1nonc1N. The number of nitrogens with zero attached hydrogens (tertiary/aromatic N) is 7. The van der Waals surface area contributed by atoms with Gasteiger partial charge in [0.15, 0.2) is 5.69 Å². The van der Waals surface area contributed by atoms with Crippen LogP contribution >= 0.6 is 23.2 Å². The number of hydrogen-bond donors (Lipinski definition) is 2. The van der Waals surface area contributed by atoms with Crippen LogP contribution in [0, 0.1) is 0 Å². The molecule has 2 aromatic heterocycles. The van der Waals surface area contributed by atoms with Crippen LogP contribution in [0.25, 0.3) is 5.82 Å². The fraction of sp³-hybridized carbons (Fsp3) is 0.294. The number of rotatable bonds is 8. The van der Waals surface area contributed by atoms with Gasteiger partial charge in [0.1, 0.15) is 0 Å². The largest absolute Gasteiger partial charge is 0.378 e. The summed E-state index contributed by atoms with van der Waals surface area (Å²) in [5.74, 6) is -0.372. The van der Waals surface area contributed by atoms with Crippen LogP contribution in [0.5, 0.6) is 0 Å². The summed E-state index contributed by atoms with van der Waals surface area (Å²) in [7, 11) is 0. The number of amides is 1. The number of carbonyl (C=O) groups is 1. The van der Waals surface area contributed by atoms with E-state index in [-0.39, 0.29) is 17.3 Å². The molecule has 0 saturated carbocycles. The van der Waals surface area contributed by atoms with Gasteiger partial charge in [-0.3, -0.25) is 9.69 Å². The maximum Gasteiger partial charge on any atom is 0.293 e. The molecule has 30 heavy (non-hydrogen) atoms. The number of nitrogens with two attached hydrogens (primary N) is 1. The van der Waals surface area contributed by atoms with Gasteiger partial charge in [0.05, 0.1) is 16.9 Å². The molecule has 2 heterocycles. The van der Waals surface area contributed by atoms with Crippen molar-refractivity contribution in [2.45, 2.75) is 20.4 Å². The molecule has 0 fully saturated rings. The first-order valence-electron chi connectivity index (χ1n) is 8.98. The predicted octanol–water partition coefficient (Wildman–Crippen LogP) is 2.15. The van der Waals surface area contributed by atoms with E-state index in [4.69, 9.17) is 28.9 Å². The van der Waals surface area contributed by atoms with Gasteiger partial charge < -0.3 is 5.73 Å². The monoisotopic (exact) mass is 451 g/mol. The van der Waals surface area contributed by atoms with Crippen LogP contribution in [0.1, 0.15) is 35.6 Å². The molecule has 0 atom stereocenters. The van der Waals surface area contributed by atoms with Crippen LogP contribution in [-0.2, 0) is 6.54 Å². The number of halogens is 2. The van der Waals surface area contributed by atoms with Gasteiger partial charge in [0.25, 0.3) is 5.91 Å². The number of anilines is 1. The van der Waals surface area contributed by atoms with Gasteiger partial charge in [0.2, 0.25) is 11.6 Å². The summed E-state index contributed by atoms with van der Waals surface area (Å²) >= 11 is 12.0. The summed E-state index contributed by atoms with van der Waals surface area (Å²) in [4.78, 5) is 14.8. The van der Waals surface area contributed by atoms with Crippen LogP contribution in [0.2, 0.25) is 10.0 Å². The highest BCUT2D eigenvalue weighted by Crippen LogP contribution is 2.20. The Morgan fingerprint density at radius 1 is 1.33 bits per heavy atom. The Morgan fingerprint density at radius 2 is 2.10 bits per heavy atom. The first kappa shape index (κ1) is 21.7. The number of aromatic nitrogens is 5. The molecule has 0 unspecified atom stereocenters. The zero-order valence-corrected chi connectivity index (χ0v) is 17.7. The first-order chi connectivity index (χ1) is 14.4. The first-order valence-corrected chi connectivity index (χ1v) is 9.73. The van der Waals surface area contributed by atoms with Crippen molar-refractivity contribution in [1.82, 2.24) is 35.6 Å². The third-order valence-corrected chi connectivity index (χ3v) is 4.84. The van der Waals surface area contributed by atoms with Crippen molar-refractivity contribution in [2.24, 2.45) is 5.10 Å². The van der Waals surface area contributed by atoms with E-state index in [1.165, 1.54) is 10.9 Å². The summed E-state index contributed by atoms with van der Waals surface area (Å²) in [6.45, 7) is 5.89. The van der Waals surface area contributed by atoms with Crippen molar-refractivity contribution in [3.05, 3.63) is 45.2 Å². The molecule has 0 radical (unpaired) electrons. The van der Waals surface area contributed by atoms with Gasteiger partial charge >= 0.3 is 0 Å². The quantitative estimate of drug-likeness (QED) is 0.391. The number of benzene rings is 1. The third kappa shape index (κ3) is 4.75. The van der Waals surface area contributed by atoms with Crippen LogP contribution < -0.4 is 11.2 Å². The molecule has 1 aromatic carbocycles. The molecule has 13 heteroatoms. The van der Waals surface area contributed by atoms with Gasteiger partial charge in [-0.05, 0) is 35.5 Å². The maximum absolute atomic E-state index is 12.7. The fourth-order valence-corrected chi connectivity index (χ4v) is 3.06. The Labute approximate surface area is 181 Å². The second kappa shape index (κ2) is 9.65. The molecule has 1 amide bonds. The van der Waals surface area contributed by atoms with Crippen molar-refractivity contribution in [2.75, 3.05) is 18.8 Å². The van der Waals surface area contributed by atoms with Crippen molar-refractivity contribution < 1.29 is 9.42 Å². The van der Waals surface area contributed by atoms with Crippen molar-refractivity contribution in [3.63, 3.8) is 0 Å². The summed E-state index contributed by atoms with van der Waals surface area (Å²) < 4.78 is 5.97. The molecule has 3 aromatic rings. The molecule has 3 N–H and O–H groups in total. The van der Waals surface area contributed by atoms with Crippen LogP contribution in [-0.4, -0.2) is 55.4 Å². The van der Waals surface area contributed by atoms with Gasteiger partial charge in [-0.1, -0.05) is 48.3 Å². The van der Waals surface area contributed by atoms with Gasteiger partial charge in [-0.2, -0.15) is 9.78 Å². The lowest BCUT2D eigenvalue weighted by Crippen LogP contribution is -2.27. The minimum Gasteiger partial charge on any atom is -0.378 e. The Hall–Kier alpha value is -3.02. The number of nitrogens with one attached hydrogen (secondary N) is 1. The number of nitrogen functional groups attached to an aromatic ring is 1. The molecular formula is C17H19Cl2N9O2. The third-order valence-electron chi connectivity index (χ3n) is 4.27. The van der Waals surface area contributed by atoms with E-state index in [0.29, 0.717) is 27.8 Å². The normalized spacial score (nSPS) is 11.5. The van der Waals surface area contributed by atoms with E-state index in [0.717, 1.165) is 13.1 Å². The average molecular weight is 452 g/mol. The van der Waals surface area contributed by atoms with Crippen LogP contribution in [0.3, 0.4) is 0 Å². The molecule has 0 aliphatic heterocycles. The highest BCUT2D eigenvalue weighted by atomic mass is 35.5. The summed E-state index contributed by atoms with van der Waals surface area (Å²) in [6, 6.07) is 4.93. The molecule has 0 bridgehead atoms. The molecular weight excluding hydrogens is 433 g/mol. The minimum atomic E-state index is -0.556. The van der Waals surface area contributed by atoms with Crippen molar-refractivity contribution >= 4 is 41.1 Å². The summed E-state index contributed by atoms with van der Waals surface area (Å²) in [6.07, 6.45) is 1.41. The van der Waals surface area contributed by atoms with Gasteiger partial charge in [-0.25, -0.2) is 10.1 Å². The van der Waals surface area contributed by atoms with Crippen molar-refractivity contribution in [1.29, 1.82) is 0 Å². The lowest BCUT2D eigenvalue weighted by atomic mass is 10.2. The molecule has 0 saturated heterocycles. The number of carbonyl (C=O) groups excluding carboxylic acids is 1. The predicted molar refractivity (Wildman–Crippen MR) is 112 cm³/mol. The van der Waals surface area contributed by atoms with Gasteiger partial charge in [-0.15, -0.1) is 5.10 Å². The summed E-state index contributed by atoms with van der Waals surface area (Å²) in [5, 5.41) is 20.1. The highest BCUT2D eigenvalue weighted by Gasteiger charge is 2.24. The van der Waals surface area contributed by atoms with E-state index in [1.54, 1.807) is 18.2 Å². The van der Waals surface area contributed by atoms with E-state index in [9.17, 15) is 4.79 Å². The number of hydrogen-bond acceptors (Lipinski definition) is 9. The maximum atomic E-state index is 12.7. The molecule has 0 spiro atoms. The second-order valence-electron chi connectivity index (χ2n) is 6.10.